The number of carboxylic acids is 1. The average Bonchev–Trinajstić information content (AvgIpc) is 2.98. The third-order valence-electron chi connectivity index (χ3n) is 3.73. The second kappa shape index (κ2) is 6.37. The van der Waals surface area contributed by atoms with Crippen LogP contribution in [-0.2, 0) is 16.0 Å². The van der Waals surface area contributed by atoms with Gasteiger partial charge in [0.25, 0.3) is 0 Å². The Labute approximate surface area is 118 Å². The molecular formula is C16H19NO3. The van der Waals surface area contributed by atoms with E-state index in [0.29, 0.717) is 19.3 Å². The van der Waals surface area contributed by atoms with Crippen LogP contribution in [0, 0.1) is 5.92 Å². The molecule has 0 radical (unpaired) electrons. The molecule has 4 nitrogen and oxygen atoms in total. The Morgan fingerprint density at radius 2 is 1.85 bits per heavy atom. The molecular weight excluding hydrogens is 254 g/mol. The van der Waals surface area contributed by atoms with Crippen LogP contribution in [-0.4, -0.2) is 35.0 Å². The predicted octanol–water partition coefficient (Wildman–Crippen LogP) is 2.11. The molecule has 1 N–H and O–H groups in total. The van der Waals surface area contributed by atoms with E-state index in [2.05, 4.69) is 0 Å². The van der Waals surface area contributed by atoms with Gasteiger partial charge >= 0.3 is 5.97 Å². The number of hydrogen-bond acceptors (Lipinski definition) is 2. The average molecular weight is 273 g/mol. The molecule has 1 amide bonds. The Hall–Kier alpha value is -2.10. The van der Waals surface area contributed by atoms with Crippen molar-refractivity contribution in [3.63, 3.8) is 0 Å². The van der Waals surface area contributed by atoms with Crippen LogP contribution in [0.5, 0.6) is 0 Å². The molecule has 0 heterocycles. The van der Waals surface area contributed by atoms with E-state index in [-0.39, 0.29) is 11.8 Å². The molecule has 0 saturated carbocycles. The summed E-state index contributed by atoms with van der Waals surface area (Å²) in [6.07, 6.45) is 5.70. The highest BCUT2D eigenvalue weighted by molar-refractivity contribution is 5.85. The highest BCUT2D eigenvalue weighted by Gasteiger charge is 2.31. The molecule has 0 bridgehead atoms. The van der Waals surface area contributed by atoms with Crippen LogP contribution in [0.4, 0.5) is 0 Å². The summed E-state index contributed by atoms with van der Waals surface area (Å²) >= 11 is 0. The maximum atomic E-state index is 12.3. The van der Waals surface area contributed by atoms with Crippen molar-refractivity contribution in [3.8, 4) is 0 Å². The summed E-state index contributed by atoms with van der Waals surface area (Å²) in [5.74, 6) is -1.15. The summed E-state index contributed by atoms with van der Waals surface area (Å²) in [5.41, 5.74) is 0.920. The Balaban J connectivity index is 2.07. The molecule has 0 saturated heterocycles. The molecule has 0 spiro atoms. The van der Waals surface area contributed by atoms with E-state index in [9.17, 15) is 14.7 Å². The Morgan fingerprint density at radius 1 is 1.25 bits per heavy atom. The zero-order valence-electron chi connectivity index (χ0n) is 11.5. The first kappa shape index (κ1) is 14.3. The van der Waals surface area contributed by atoms with Gasteiger partial charge in [0.05, 0.1) is 0 Å². The minimum atomic E-state index is -0.962. The first-order valence-corrected chi connectivity index (χ1v) is 6.78. The molecule has 1 aliphatic rings. The van der Waals surface area contributed by atoms with E-state index < -0.39 is 12.0 Å². The Bertz CT molecular complexity index is 502. The van der Waals surface area contributed by atoms with Gasteiger partial charge in [0.1, 0.15) is 6.04 Å². The second-order valence-electron chi connectivity index (χ2n) is 5.13. The van der Waals surface area contributed by atoms with Gasteiger partial charge in [0.2, 0.25) is 5.91 Å². The number of rotatable bonds is 5. The predicted molar refractivity (Wildman–Crippen MR) is 76.2 cm³/mol. The van der Waals surface area contributed by atoms with Crippen LogP contribution in [0.2, 0.25) is 0 Å². The Kier molecular flexibility index (Phi) is 4.56. The maximum absolute atomic E-state index is 12.3. The zero-order chi connectivity index (χ0) is 14.5. The number of carboxylic acid groups (broad SMARTS) is 1. The number of carbonyl (C=O) groups is 2. The molecule has 0 aromatic heterocycles. The third kappa shape index (κ3) is 3.26. The number of hydrogen-bond donors (Lipinski definition) is 1. The topological polar surface area (TPSA) is 57.6 Å². The van der Waals surface area contributed by atoms with Gasteiger partial charge < -0.3 is 10.0 Å². The maximum Gasteiger partial charge on any atom is 0.326 e. The summed E-state index contributed by atoms with van der Waals surface area (Å²) in [5, 5.41) is 9.39. The smallest absolute Gasteiger partial charge is 0.326 e. The van der Waals surface area contributed by atoms with Crippen LogP contribution in [0.25, 0.3) is 0 Å². The fourth-order valence-electron chi connectivity index (χ4n) is 2.49. The van der Waals surface area contributed by atoms with Crippen molar-refractivity contribution in [2.75, 3.05) is 7.05 Å². The van der Waals surface area contributed by atoms with Crippen LogP contribution in [0.15, 0.2) is 42.5 Å². The quantitative estimate of drug-likeness (QED) is 0.836. The van der Waals surface area contributed by atoms with Crippen LogP contribution in [0.1, 0.15) is 18.4 Å². The minimum Gasteiger partial charge on any atom is -0.480 e. The monoisotopic (exact) mass is 273 g/mol. The lowest BCUT2D eigenvalue weighted by molar-refractivity contribution is -0.150. The van der Waals surface area contributed by atoms with E-state index in [1.807, 2.05) is 42.5 Å². The summed E-state index contributed by atoms with van der Waals surface area (Å²) in [4.78, 5) is 25.1. The first-order valence-electron chi connectivity index (χ1n) is 6.78. The van der Waals surface area contributed by atoms with Crippen molar-refractivity contribution in [1.82, 2.24) is 4.90 Å². The van der Waals surface area contributed by atoms with Crippen LogP contribution < -0.4 is 0 Å². The van der Waals surface area contributed by atoms with E-state index >= 15 is 0 Å². The van der Waals surface area contributed by atoms with Crippen LogP contribution >= 0.6 is 0 Å². The zero-order valence-corrected chi connectivity index (χ0v) is 11.5. The summed E-state index contributed by atoms with van der Waals surface area (Å²) in [6.45, 7) is 0. The van der Waals surface area contributed by atoms with E-state index in [1.54, 1.807) is 7.05 Å². The number of nitrogens with zero attached hydrogens (tertiary/aromatic N) is 1. The lowest BCUT2D eigenvalue weighted by Gasteiger charge is -2.27. The fraction of sp³-hybridized carbons (Fsp3) is 0.375. The third-order valence-corrected chi connectivity index (χ3v) is 3.73. The highest BCUT2D eigenvalue weighted by Crippen LogP contribution is 2.21. The second-order valence-corrected chi connectivity index (χ2v) is 5.13. The van der Waals surface area contributed by atoms with Gasteiger partial charge in [-0.3, -0.25) is 4.79 Å². The summed E-state index contributed by atoms with van der Waals surface area (Å²) < 4.78 is 0. The number of allylic oxidation sites excluding steroid dienone is 2. The highest BCUT2D eigenvalue weighted by atomic mass is 16.4. The van der Waals surface area contributed by atoms with Gasteiger partial charge in [0, 0.05) is 19.4 Å². The van der Waals surface area contributed by atoms with Gasteiger partial charge in [-0.2, -0.15) is 0 Å². The largest absolute Gasteiger partial charge is 0.480 e. The van der Waals surface area contributed by atoms with Gasteiger partial charge in [-0.15, -0.1) is 0 Å². The van der Waals surface area contributed by atoms with Crippen molar-refractivity contribution >= 4 is 11.9 Å². The molecule has 1 unspecified atom stereocenters. The van der Waals surface area contributed by atoms with Crippen molar-refractivity contribution in [2.24, 2.45) is 5.92 Å². The molecule has 20 heavy (non-hydrogen) atoms. The SMILES string of the molecule is CN(C(=O)C1CC=CC1)C(Cc1ccccc1)C(=O)O. The number of carbonyl (C=O) groups excluding carboxylic acids is 1. The van der Waals surface area contributed by atoms with Gasteiger partial charge in [-0.05, 0) is 18.4 Å². The first-order chi connectivity index (χ1) is 9.59. The van der Waals surface area contributed by atoms with E-state index in [1.165, 1.54) is 4.90 Å². The van der Waals surface area contributed by atoms with Crippen LogP contribution in [0.3, 0.4) is 0 Å². The van der Waals surface area contributed by atoms with E-state index in [4.69, 9.17) is 0 Å². The minimum absolute atomic E-state index is 0.0849. The fourth-order valence-corrected chi connectivity index (χ4v) is 2.49. The molecule has 0 aliphatic heterocycles. The van der Waals surface area contributed by atoms with Gasteiger partial charge in [0.15, 0.2) is 0 Å². The molecule has 2 rings (SSSR count). The molecule has 4 heteroatoms. The summed E-state index contributed by atoms with van der Waals surface area (Å²) in [6, 6.07) is 8.58. The number of amides is 1. The molecule has 0 fully saturated rings. The number of aliphatic carboxylic acids is 1. The lowest BCUT2D eigenvalue weighted by atomic mass is 10.0. The molecule has 106 valence electrons. The lowest BCUT2D eigenvalue weighted by Crippen LogP contribution is -2.46. The standard InChI is InChI=1S/C16H19NO3/c1-17(15(18)13-9-5-6-10-13)14(16(19)20)11-12-7-3-2-4-8-12/h2-8,13-14H,9-11H2,1H3,(H,19,20). The van der Waals surface area contributed by atoms with E-state index in [0.717, 1.165) is 5.56 Å². The molecule has 1 aromatic carbocycles. The molecule has 1 aromatic rings. The Morgan fingerprint density at radius 3 is 2.40 bits per heavy atom. The molecule has 1 atom stereocenters. The summed E-state index contributed by atoms with van der Waals surface area (Å²) in [7, 11) is 1.59. The van der Waals surface area contributed by atoms with Gasteiger partial charge in [-0.1, -0.05) is 42.5 Å². The number of likely N-dealkylation sites (N-methyl/N-ethyl adjacent to an activating group) is 1. The normalized spacial score (nSPS) is 16.1. The van der Waals surface area contributed by atoms with Crippen molar-refractivity contribution in [2.45, 2.75) is 25.3 Å². The number of benzene rings is 1. The van der Waals surface area contributed by atoms with Gasteiger partial charge in [-0.25, -0.2) is 4.79 Å². The van der Waals surface area contributed by atoms with Crippen molar-refractivity contribution in [3.05, 3.63) is 48.0 Å². The van der Waals surface area contributed by atoms with Crippen molar-refractivity contribution in [1.29, 1.82) is 0 Å². The van der Waals surface area contributed by atoms with Crippen molar-refractivity contribution < 1.29 is 14.7 Å². The molecule has 1 aliphatic carbocycles.